The fourth-order valence-electron chi connectivity index (χ4n) is 5.10. The minimum Gasteiger partial charge on any atom is -0.310 e. The molecule has 1 aliphatic heterocycles. The molecule has 3 aliphatic rings. The monoisotopic (exact) mass is 292 g/mol. The maximum absolute atomic E-state index is 4.03. The van der Waals surface area contributed by atoms with Crippen molar-refractivity contribution in [1.29, 1.82) is 0 Å². The van der Waals surface area contributed by atoms with Crippen LogP contribution in [-0.4, -0.2) is 36.1 Å². The number of nitrogens with zero attached hydrogens (tertiary/aromatic N) is 1. The molecule has 1 heterocycles. The van der Waals surface area contributed by atoms with E-state index in [9.17, 15) is 0 Å². The normalized spacial score (nSPS) is 34.6. The molecule has 2 saturated carbocycles. The van der Waals surface area contributed by atoms with Crippen LogP contribution in [0.1, 0.15) is 78.1 Å². The summed E-state index contributed by atoms with van der Waals surface area (Å²) in [7, 11) is 0. The van der Waals surface area contributed by atoms with E-state index in [1.165, 1.54) is 77.3 Å². The van der Waals surface area contributed by atoms with Gasteiger partial charge in [0.2, 0.25) is 0 Å². The summed E-state index contributed by atoms with van der Waals surface area (Å²) in [4.78, 5) is 2.86. The fraction of sp³-hybridized carbons (Fsp3) is 1.00. The average molecular weight is 293 g/mol. The molecular weight excluding hydrogens is 256 g/mol. The Labute approximate surface area is 132 Å². The second-order valence-corrected chi connectivity index (χ2v) is 8.16. The molecule has 0 amide bonds. The highest BCUT2D eigenvalue weighted by Crippen LogP contribution is 2.35. The van der Waals surface area contributed by atoms with Gasteiger partial charge in [0.15, 0.2) is 0 Å². The number of piperidine rings is 1. The van der Waals surface area contributed by atoms with Gasteiger partial charge in [-0.1, -0.05) is 39.5 Å². The van der Waals surface area contributed by atoms with Crippen LogP contribution in [0.4, 0.5) is 0 Å². The topological polar surface area (TPSA) is 15.3 Å². The second kappa shape index (κ2) is 7.46. The Bertz CT molecular complexity index is 307. The van der Waals surface area contributed by atoms with E-state index in [0.717, 1.165) is 30.0 Å². The van der Waals surface area contributed by atoms with E-state index < -0.39 is 0 Å². The first-order chi connectivity index (χ1) is 10.3. The van der Waals surface area contributed by atoms with Crippen molar-refractivity contribution in [2.24, 2.45) is 11.8 Å². The fourth-order valence-corrected chi connectivity index (χ4v) is 5.10. The zero-order chi connectivity index (χ0) is 14.7. The van der Waals surface area contributed by atoms with Gasteiger partial charge in [-0.3, -0.25) is 4.90 Å². The predicted molar refractivity (Wildman–Crippen MR) is 90.6 cm³/mol. The van der Waals surface area contributed by atoms with Gasteiger partial charge in [-0.15, -0.1) is 0 Å². The van der Waals surface area contributed by atoms with Crippen molar-refractivity contribution in [3.05, 3.63) is 0 Å². The number of hydrogen-bond acceptors (Lipinski definition) is 2. The molecule has 1 N–H and O–H groups in total. The van der Waals surface area contributed by atoms with Crippen LogP contribution in [0, 0.1) is 11.8 Å². The van der Waals surface area contributed by atoms with Gasteiger partial charge in [0.25, 0.3) is 0 Å². The lowest BCUT2D eigenvalue weighted by molar-refractivity contribution is 0.0407. The summed E-state index contributed by atoms with van der Waals surface area (Å²) in [5.74, 6) is 1.88. The van der Waals surface area contributed by atoms with Crippen LogP contribution in [0.2, 0.25) is 0 Å². The van der Waals surface area contributed by atoms with Crippen LogP contribution in [-0.2, 0) is 0 Å². The van der Waals surface area contributed by atoms with E-state index in [2.05, 4.69) is 24.1 Å². The van der Waals surface area contributed by atoms with Gasteiger partial charge in [0.1, 0.15) is 0 Å². The van der Waals surface area contributed by atoms with Crippen LogP contribution in [0.15, 0.2) is 0 Å². The molecule has 122 valence electrons. The summed E-state index contributed by atoms with van der Waals surface area (Å²) < 4.78 is 0. The molecule has 2 aliphatic carbocycles. The van der Waals surface area contributed by atoms with Gasteiger partial charge >= 0.3 is 0 Å². The maximum Gasteiger partial charge on any atom is 0.0200 e. The molecule has 2 nitrogen and oxygen atoms in total. The highest BCUT2D eigenvalue weighted by atomic mass is 15.2. The molecule has 0 aromatic heterocycles. The van der Waals surface area contributed by atoms with Crippen LogP contribution in [0.3, 0.4) is 0 Å². The van der Waals surface area contributed by atoms with Crippen LogP contribution in [0.25, 0.3) is 0 Å². The van der Waals surface area contributed by atoms with Crippen molar-refractivity contribution in [2.45, 2.75) is 96.2 Å². The van der Waals surface area contributed by atoms with Gasteiger partial charge in [0, 0.05) is 31.2 Å². The predicted octanol–water partition coefficient (Wildman–Crippen LogP) is 4.20. The molecule has 0 aromatic carbocycles. The van der Waals surface area contributed by atoms with Crippen LogP contribution in [0.5, 0.6) is 0 Å². The third kappa shape index (κ3) is 4.01. The van der Waals surface area contributed by atoms with Gasteiger partial charge in [-0.2, -0.15) is 0 Å². The number of likely N-dealkylation sites (tertiary alicyclic amines) is 1. The lowest BCUT2D eigenvalue weighted by Crippen LogP contribution is -2.56. The van der Waals surface area contributed by atoms with Crippen LogP contribution >= 0.6 is 0 Å². The average Bonchev–Trinajstić information content (AvgIpc) is 2.43. The van der Waals surface area contributed by atoms with Gasteiger partial charge in [-0.25, -0.2) is 0 Å². The first-order valence-electron chi connectivity index (χ1n) is 9.76. The molecule has 21 heavy (non-hydrogen) atoms. The molecule has 3 atom stereocenters. The van der Waals surface area contributed by atoms with Gasteiger partial charge in [0.05, 0.1) is 0 Å². The Kier molecular flexibility index (Phi) is 5.61. The second-order valence-electron chi connectivity index (χ2n) is 8.16. The summed E-state index contributed by atoms with van der Waals surface area (Å²) in [6, 6.07) is 2.45. The Balaban J connectivity index is 1.55. The summed E-state index contributed by atoms with van der Waals surface area (Å²) in [6.45, 7) is 7.54. The Morgan fingerprint density at radius 3 is 2.33 bits per heavy atom. The third-order valence-corrected chi connectivity index (χ3v) is 6.35. The van der Waals surface area contributed by atoms with Crippen LogP contribution < -0.4 is 5.32 Å². The van der Waals surface area contributed by atoms with E-state index in [4.69, 9.17) is 0 Å². The molecule has 2 heteroatoms. The number of hydrogen-bond donors (Lipinski definition) is 1. The molecule has 0 spiro atoms. The Morgan fingerprint density at radius 2 is 1.71 bits per heavy atom. The third-order valence-electron chi connectivity index (χ3n) is 6.35. The molecule has 1 saturated heterocycles. The Morgan fingerprint density at radius 1 is 0.952 bits per heavy atom. The SMILES string of the molecule is CCC(C1CCC1)N1CC(C)CC(NC2CCCCC2)C1. The van der Waals surface area contributed by atoms with Crippen molar-refractivity contribution in [3.63, 3.8) is 0 Å². The first kappa shape index (κ1) is 15.8. The molecule has 0 aromatic rings. The van der Waals surface area contributed by atoms with E-state index >= 15 is 0 Å². The highest BCUT2D eigenvalue weighted by molar-refractivity contribution is 4.91. The zero-order valence-corrected chi connectivity index (χ0v) is 14.3. The standard InChI is InChI=1S/C19H36N2/c1-3-19(16-8-7-9-16)21-13-15(2)12-18(14-21)20-17-10-5-4-6-11-17/h15-20H,3-14H2,1-2H3. The lowest BCUT2D eigenvalue weighted by Gasteiger charge is -2.47. The molecule has 0 radical (unpaired) electrons. The summed E-state index contributed by atoms with van der Waals surface area (Å²) in [5, 5.41) is 4.03. The maximum atomic E-state index is 4.03. The number of rotatable bonds is 5. The van der Waals surface area contributed by atoms with Crippen molar-refractivity contribution >= 4 is 0 Å². The van der Waals surface area contributed by atoms with E-state index in [-0.39, 0.29) is 0 Å². The highest BCUT2D eigenvalue weighted by Gasteiger charge is 2.35. The lowest BCUT2D eigenvalue weighted by atomic mass is 9.77. The Hall–Kier alpha value is -0.0800. The van der Waals surface area contributed by atoms with E-state index in [1.54, 1.807) is 0 Å². The zero-order valence-electron chi connectivity index (χ0n) is 14.3. The van der Waals surface area contributed by atoms with Crippen molar-refractivity contribution in [3.8, 4) is 0 Å². The van der Waals surface area contributed by atoms with E-state index in [1.807, 2.05) is 0 Å². The molecule has 3 unspecified atom stereocenters. The first-order valence-corrected chi connectivity index (χ1v) is 9.76. The molecule has 3 rings (SSSR count). The summed E-state index contributed by atoms with van der Waals surface area (Å²) in [5.41, 5.74) is 0. The van der Waals surface area contributed by atoms with Crippen molar-refractivity contribution < 1.29 is 0 Å². The summed E-state index contributed by atoms with van der Waals surface area (Å²) in [6.07, 6.45) is 14.4. The van der Waals surface area contributed by atoms with Crippen molar-refractivity contribution in [1.82, 2.24) is 10.2 Å². The number of nitrogens with one attached hydrogen (secondary N) is 1. The van der Waals surface area contributed by atoms with Gasteiger partial charge < -0.3 is 5.32 Å². The molecular formula is C19H36N2. The molecule has 0 bridgehead atoms. The van der Waals surface area contributed by atoms with Gasteiger partial charge in [-0.05, 0) is 50.4 Å². The smallest absolute Gasteiger partial charge is 0.0200 e. The largest absolute Gasteiger partial charge is 0.310 e. The minimum absolute atomic E-state index is 0.756. The molecule has 3 fully saturated rings. The minimum atomic E-state index is 0.756. The van der Waals surface area contributed by atoms with Crippen molar-refractivity contribution in [2.75, 3.05) is 13.1 Å². The summed E-state index contributed by atoms with van der Waals surface area (Å²) >= 11 is 0. The quantitative estimate of drug-likeness (QED) is 0.817. The van der Waals surface area contributed by atoms with E-state index in [0.29, 0.717) is 0 Å².